The van der Waals surface area contributed by atoms with Gasteiger partial charge >= 0.3 is 0 Å². The Kier molecular flexibility index (Phi) is 2.37. The fourth-order valence-corrected chi connectivity index (χ4v) is 1.70. The fraction of sp³-hybridized carbons (Fsp3) is 0.300. The maximum Gasteiger partial charge on any atom is 0.271 e. The molecule has 78 valence electrons. The molecule has 1 aromatic carbocycles. The first-order valence-corrected chi connectivity index (χ1v) is 4.73. The molecular formula is C10H10N2O3. The first-order chi connectivity index (χ1) is 7.18. The van der Waals surface area contributed by atoms with Gasteiger partial charge in [0.15, 0.2) is 0 Å². The van der Waals surface area contributed by atoms with E-state index in [1.165, 1.54) is 12.1 Å². The smallest absolute Gasteiger partial charge is 0.271 e. The molecule has 0 N–H and O–H groups in total. The highest BCUT2D eigenvalue weighted by Crippen LogP contribution is 2.24. The van der Waals surface area contributed by atoms with Crippen LogP contribution < -0.4 is 4.90 Å². The van der Waals surface area contributed by atoms with Gasteiger partial charge in [-0.25, -0.2) is 0 Å². The van der Waals surface area contributed by atoms with E-state index >= 15 is 0 Å². The van der Waals surface area contributed by atoms with Crippen LogP contribution in [0.15, 0.2) is 24.3 Å². The molecule has 0 radical (unpaired) electrons. The average molecular weight is 206 g/mol. The van der Waals surface area contributed by atoms with E-state index in [4.69, 9.17) is 0 Å². The average Bonchev–Trinajstić information content (AvgIpc) is 2.64. The lowest BCUT2D eigenvalue weighted by molar-refractivity contribution is -0.384. The van der Waals surface area contributed by atoms with Crippen molar-refractivity contribution in [1.29, 1.82) is 0 Å². The first kappa shape index (κ1) is 9.64. The maximum absolute atomic E-state index is 11.4. The van der Waals surface area contributed by atoms with Gasteiger partial charge in [0.05, 0.1) is 10.6 Å². The van der Waals surface area contributed by atoms with Crippen LogP contribution in [0, 0.1) is 10.1 Å². The van der Waals surface area contributed by atoms with Crippen molar-refractivity contribution in [3.8, 4) is 0 Å². The molecule has 0 spiro atoms. The van der Waals surface area contributed by atoms with Crippen LogP contribution in [-0.4, -0.2) is 17.4 Å². The van der Waals surface area contributed by atoms with Crippen LogP contribution in [0.25, 0.3) is 0 Å². The summed E-state index contributed by atoms with van der Waals surface area (Å²) in [4.78, 5) is 23.1. The standard InChI is InChI=1S/C10H10N2O3/c13-10-5-2-6-11(10)8-3-1-4-9(7-8)12(14)15/h1,3-4,7H,2,5-6H2. The summed E-state index contributed by atoms with van der Waals surface area (Å²) in [6, 6.07) is 6.17. The number of carbonyl (C=O) groups excluding carboxylic acids is 1. The number of hydrogen-bond donors (Lipinski definition) is 0. The zero-order valence-electron chi connectivity index (χ0n) is 8.05. The van der Waals surface area contributed by atoms with E-state index in [1.807, 2.05) is 0 Å². The van der Waals surface area contributed by atoms with Gasteiger partial charge in [-0.1, -0.05) is 6.07 Å². The molecule has 1 fully saturated rings. The molecule has 2 rings (SSSR count). The molecular weight excluding hydrogens is 196 g/mol. The maximum atomic E-state index is 11.4. The van der Waals surface area contributed by atoms with Gasteiger partial charge in [0.1, 0.15) is 0 Å². The number of nitro benzene ring substituents is 1. The van der Waals surface area contributed by atoms with E-state index in [0.29, 0.717) is 18.7 Å². The molecule has 1 heterocycles. The molecule has 1 aliphatic heterocycles. The van der Waals surface area contributed by atoms with Gasteiger partial charge in [-0.15, -0.1) is 0 Å². The monoisotopic (exact) mass is 206 g/mol. The minimum Gasteiger partial charge on any atom is -0.312 e. The largest absolute Gasteiger partial charge is 0.312 e. The molecule has 1 amide bonds. The van der Waals surface area contributed by atoms with E-state index < -0.39 is 4.92 Å². The van der Waals surface area contributed by atoms with Crippen molar-refractivity contribution in [1.82, 2.24) is 0 Å². The molecule has 5 nitrogen and oxygen atoms in total. The summed E-state index contributed by atoms with van der Waals surface area (Å²) in [6.45, 7) is 0.653. The molecule has 1 saturated heterocycles. The minimum absolute atomic E-state index is 0.0206. The zero-order chi connectivity index (χ0) is 10.8. The van der Waals surface area contributed by atoms with Crippen molar-refractivity contribution >= 4 is 17.3 Å². The SMILES string of the molecule is O=C1CCCN1c1cccc([N+](=O)[O-])c1. The summed E-state index contributed by atoms with van der Waals surface area (Å²) in [5.41, 5.74) is 0.638. The highest BCUT2D eigenvalue weighted by molar-refractivity contribution is 5.95. The summed E-state index contributed by atoms with van der Waals surface area (Å²) in [5.74, 6) is 0.0375. The molecule has 0 atom stereocenters. The van der Waals surface area contributed by atoms with Gasteiger partial charge in [-0.2, -0.15) is 0 Å². The highest BCUT2D eigenvalue weighted by atomic mass is 16.6. The quantitative estimate of drug-likeness (QED) is 0.546. The number of rotatable bonds is 2. The Bertz CT molecular complexity index is 417. The van der Waals surface area contributed by atoms with Crippen molar-refractivity contribution in [3.05, 3.63) is 34.4 Å². The van der Waals surface area contributed by atoms with E-state index in [9.17, 15) is 14.9 Å². The van der Waals surface area contributed by atoms with E-state index in [0.717, 1.165) is 6.42 Å². The lowest BCUT2D eigenvalue weighted by Crippen LogP contribution is -2.23. The molecule has 0 unspecified atom stereocenters. The Balaban J connectivity index is 2.32. The molecule has 1 aromatic rings. The number of nitro groups is 1. The second-order valence-electron chi connectivity index (χ2n) is 3.43. The van der Waals surface area contributed by atoms with Crippen LogP contribution in [0.5, 0.6) is 0 Å². The Morgan fingerprint density at radius 2 is 2.20 bits per heavy atom. The zero-order valence-corrected chi connectivity index (χ0v) is 8.05. The van der Waals surface area contributed by atoms with Crippen LogP contribution >= 0.6 is 0 Å². The third-order valence-corrected chi connectivity index (χ3v) is 2.43. The van der Waals surface area contributed by atoms with Gasteiger partial charge in [0.25, 0.3) is 5.69 Å². The second kappa shape index (κ2) is 3.68. The van der Waals surface area contributed by atoms with Crippen molar-refractivity contribution in [3.63, 3.8) is 0 Å². The predicted molar refractivity (Wildman–Crippen MR) is 54.7 cm³/mol. The Hall–Kier alpha value is -1.91. The Morgan fingerprint density at radius 3 is 2.80 bits per heavy atom. The Labute approximate surface area is 86.5 Å². The van der Waals surface area contributed by atoms with Crippen LogP contribution in [-0.2, 0) is 4.79 Å². The minimum atomic E-state index is -0.454. The third kappa shape index (κ3) is 1.81. The summed E-state index contributed by atoms with van der Waals surface area (Å²) in [6.07, 6.45) is 1.35. The first-order valence-electron chi connectivity index (χ1n) is 4.73. The normalized spacial score (nSPS) is 15.7. The topological polar surface area (TPSA) is 63.5 Å². The Morgan fingerprint density at radius 1 is 1.40 bits per heavy atom. The second-order valence-corrected chi connectivity index (χ2v) is 3.43. The van der Waals surface area contributed by atoms with Gasteiger partial charge in [0.2, 0.25) is 5.91 Å². The number of hydrogen-bond acceptors (Lipinski definition) is 3. The number of nitrogens with zero attached hydrogens (tertiary/aromatic N) is 2. The third-order valence-electron chi connectivity index (χ3n) is 2.43. The summed E-state index contributed by atoms with van der Waals surface area (Å²) in [7, 11) is 0. The number of non-ortho nitro benzene ring substituents is 1. The molecule has 0 aliphatic carbocycles. The van der Waals surface area contributed by atoms with Gasteiger partial charge < -0.3 is 4.90 Å². The number of anilines is 1. The number of amides is 1. The van der Waals surface area contributed by atoms with Crippen LogP contribution in [0.4, 0.5) is 11.4 Å². The fourth-order valence-electron chi connectivity index (χ4n) is 1.70. The summed E-state index contributed by atoms with van der Waals surface area (Å²) >= 11 is 0. The molecule has 1 aliphatic rings. The molecule has 5 heteroatoms. The molecule has 0 aromatic heterocycles. The van der Waals surface area contributed by atoms with Crippen molar-refractivity contribution in [2.45, 2.75) is 12.8 Å². The molecule has 0 saturated carbocycles. The van der Waals surface area contributed by atoms with Crippen molar-refractivity contribution in [2.75, 3.05) is 11.4 Å². The predicted octanol–water partition coefficient (Wildman–Crippen LogP) is 1.72. The lowest BCUT2D eigenvalue weighted by Gasteiger charge is -2.14. The summed E-state index contributed by atoms with van der Waals surface area (Å²) in [5, 5.41) is 10.6. The number of carbonyl (C=O) groups is 1. The van der Waals surface area contributed by atoms with Crippen LogP contribution in [0.3, 0.4) is 0 Å². The molecule has 0 bridgehead atoms. The van der Waals surface area contributed by atoms with Gasteiger partial charge in [-0.3, -0.25) is 14.9 Å². The lowest BCUT2D eigenvalue weighted by atomic mass is 10.2. The summed E-state index contributed by atoms with van der Waals surface area (Å²) < 4.78 is 0. The highest BCUT2D eigenvalue weighted by Gasteiger charge is 2.22. The molecule has 15 heavy (non-hydrogen) atoms. The van der Waals surface area contributed by atoms with Gasteiger partial charge in [-0.05, 0) is 12.5 Å². The van der Waals surface area contributed by atoms with Gasteiger partial charge in [0, 0.05) is 25.1 Å². The van der Waals surface area contributed by atoms with E-state index in [-0.39, 0.29) is 11.6 Å². The van der Waals surface area contributed by atoms with Crippen LogP contribution in [0.1, 0.15) is 12.8 Å². The van der Waals surface area contributed by atoms with Crippen molar-refractivity contribution in [2.24, 2.45) is 0 Å². The van der Waals surface area contributed by atoms with E-state index in [2.05, 4.69) is 0 Å². The van der Waals surface area contributed by atoms with Crippen molar-refractivity contribution < 1.29 is 9.72 Å². The number of benzene rings is 1. The van der Waals surface area contributed by atoms with E-state index in [1.54, 1.807) is 17.0 Å². The van der Waals surface area contributed by atoms with Crippen LogP contribution in [0.2, 0.25) is 0 Å².